The molecule has 5 nitrogen and oxygen atoms in total. The van der Waals surface area contributed by atoms with Crippen LogP contribution in [-0.2, 0) is 5.75 Å². The van der Waals surface area contributed by atoms with Crippen LogP contribution in [0.2, 0.25) is 0 Å². The molecule has 0 atom stereocenters. The zero-order chi connectivity index (χ0) is 20.4. The average Bonchev–Trinajstić information content (AvgIpc) is 2.74. The summed E-state index contributed by atoms with van der Waals surface area (Å²) in [4.78, 5) is 14.6. The van der Waals surface area contributed by atoms with Crippen LogP contribution in [-0.4, -0.2) is 23.9 Å². The van der Waals surface area contributed by atoms with E-state index in [1.54, 1.807) is 4.90 Å². The van der Waals surface area contributed by atoms with Gasteiger partial charge in [-0.2, -0.15) is 10.5 Å². The monoisotopic (exact) mass is 390 g/mol. The molecule has 0 saturated heterocycles. The fourth-order valence-electron chi connectivity index (χ4n) is 2.64. The summed E-state index contributed by atoms with van der Waals surface area (Å²) in [5.74, 6) is 0.453. The summed E-state index contributed by atoms with van der Waals surface area (Å²) in [7, 11) is 0. The van der Waals surface area contributed by atoms with Crippen molar-refractivity contribution in [3.8, 4) is 12.1 Å². The van der Waals surface area contributed by atoms with Crippen LogP contribution in [0.1, 0.15) is 29.8 Å². The zero-order valence-electron chi connectivity index (χ0n) is 16.0. The lowest BCUT2D eigenvalue weighted by Crippen LogP contribution is -2.31. The van der Waals surface area contributed by atoms with Crippen LogP contribution in [0, 0.1) is 22.7 Å². The van der Waals surface area contributed by atoms with Crippen LogP contribution < -0.4 is 5.32 Å². The Hall–Kier alpha value is -3.22. The zero-order valence-corrected chi connectivity index (χ0v) is 16.8. The summed E-state index contributed by atoms with van der Waals surface area (Å²) >= 11 is 1.34. The largest absolute Gasteiger partial charge is 0.349 e. The third-order valence-corrected chi connectivity index (χ3v) is 5.20. The molecule has 0 radical (unpaired) electrons. The summed E-state index contributed by atoms with van der Waals surface area (Å²) in [6.45, 7) is 5.19. The lowest BCUT2D eigenvalue weighted by atomic mass is 10.1. The van der Waals surface area contributed by atoms with E-state index >= 15 is 0 Å². The molecule has 0 heterocycles. The topological polar surface area (TPSA) is 79.9 Å². The molecular weight excluding hydrogens is 368 g/mol. The Morgan fingerprint density at radius 1 is 1.00 bits per heavy atom. The van der Waals surface area contributed by atoms with Crippen LogP contribution >= 0.6 is 11.8 Å². The highest BCUT2D eigenvalue weighted by molar-refractivity contribution is 8.02. The van der Waals surface area contributed by atoms with E-state index in [9.17, 15) is 15.3 Å². The fourth-order valence-corrected chi connectivity index (χ4v) is 3.61. The maximum absolute atomic E-state index is 12.8. The minimum absolute atomic E-state index is 0.0106. The highest BCUT2D eigenvalue weighted by Gasteiger charge is 2.17. The van der Waals surface area contributed by atoms with Gasteiger partial charge in [-0.3, -0.25) is 4.79 Å². The number of carbonyl (C=O) groups is 1. The number of hydrogen-bond donors (Lipinski definition) is 1. The van der Waals surface area contributed by atoms with Crippen LogP contribution in [0.4, 0.5) is 5.69 Å². The lowest BCUT2D eigenvalue weighted by Gasteiger charge is -2.20. The standard InChI is InChI=1S/C22H22N4OS/c1-3-26(4-2)22(27)20-13-9-8-10-17(20)16-28-21(18(14-23)15-24)25-19-11-6-5-7-12-19/h5-13,25H,3-4,16H2,1-2H3. The number of para-hydroxylation sites is 1. The molecule has 6 heteroatoms. The van der Waals surface area contributed by atoms with Crippen molar-refractivity contribution in [1.29, 1.82) is 10.5 Å². The number of anilines is 1. The Morgan fingerprint density at radius 2 is 1.61 bits per heavy atom. The predicted molar refractivity (Wildman–Crippen MR) is 113 cm³/mol. The summed E-state index contributed by atoms with van der Waals surface area (Å²) < 4.78 is 0. The van der Waals surface area contributed by atoms with Gasteiger partial charge in [0.05, 0.1) is 0 Å². The van der Waals surface area contributed by atoms with Crippen molar-refractivity contribution in [2.75, 3.05) is 18.4 Å². The Kier molecular flexibility index (Phi) is 8.14. The highest BCUT2D eigenvalue weighted by atomic mass is 32.2. The minimum Gasteiger partial charge on any atom is -0.349 e. The van der Waals surface area contributed by atoms with Crippen molar-refractivity contribution < 1.29 is 4.79 Å². The van der Waals surface area contributed by atoms with E-state index in [1.807, 2.05) is 80.6 Å². The van der Waals surface area contributed by atoms with E-state index in [0.717, 1.165) is 11.3 Å². The normalized spacial score (nSPS) is 9.71. The van der Waals surface area contributed by atoms with Gasteiger partial charge in [0, 0.05) is 30.1 Å². The smallest absolute Gasteiger partial charge is 0.254 e. The summed E-state index contributed by atoms with van der Waals surface area (Å²) in [6.07, 6.45) is 0. The van der Waals surface area contributed by atoms with Crippen molar-refractivity contribution in [2.45, 2.75) is 19.6 Å². The van der Waals surface area contributed by atoms with Crippen LogP contribution in [0.5, 0.6) is 0 Å². The van der Waals surface area contributed by atoms with Gasteiger partial charge in [0.25, 0.3) is 5.91 Å². The molecule has 2 aromatic carbocycles. The molecule has 2 rings (SSSR count). The van der Waals surface area contributed by atoms with Gasteiger partial charge in [0.15, 0.2) is 5.57 Å². The van der Waals surface area contributed by atoms with E-state index in [1.165, 1.54) is 11.8 Å². The maximum Gasteiger partial charge on any atom is 0.254 e. The number of amides is 1. The molecule has 1 N–H and O–H groups in total. The summed E-state index contributed by atoms with van der Waals surface area (Å²) in [6, 6.07) is 20.7. The van der Waals surface area contributed by atoms with Gasteiger partial charge < -0.3 is 10.2 Å². The molecular formula is C22H22N4OS. The minimum atomic E-state index is -0.0106. The second-order valence-corrected chi connectivity index (χ2v) is 6.83. The maximum atomic E-state index is 12.8. The van der Waals surface area contributed by atoms with E-state index < -0.39 is 0 Å². The average molecular weight is 391 g/mol. The first-order valence-corrected chi connectivity index (χ1v) is 9.99. The summed E-state index contributed by atoms with van der Waals surface area (Å²) in [5, 5.41) is 22.2. The second-order valence-electron chi connectivity index (χ2n) is 5.84. The van der Waals surface area contributed by atoms with Crippen LogP contribution in [0.3, 0.4) is 0 Å². The number of rotatable bonds is 8. The molecule has 142 valence electrons. The van der Waals surface area contributed by atoms with Gasteiger partial charge in [-0.05, 0) is 37.6 Å². The Labute approximate surface area is 170 Å². The molecule has 0 aliphatic carbocycles. The lowest BCUT2D eigenvalue weighted by molar-refractivity contribution is 0.0772. The molecule has 1 amide bonds. The van der Waals surface area contributed by atoms with Crippen molar-refractivity contribution in [1.82, 2.24) is 4.90 Å². The number of nitriles is 2. The first-order chi connectivity index (χ1) is 13.6. The molecule has 0 bridgehead atoms. The second kappa shape index (κ2) is 10.8. The highest BCUT2D eigenvalue weighted by Crippen LogP contribution is 2.27. The van der Waals surface area contributed by atoms with Gasteiger partial charge in [-0.25, -0.2) is 0 Å². The Bertz CT molecular complexity index is 906. The van der Waals surface area contributed by atoms with Crippen molar-refractivity contribution >= 4 is 23.4 Å². The van der Waals surface area contributed by atoms with Crippen molar-refractivity contribution in [2.24, 2.45) is 0 Å². The molecule has 28 heavy (non-hydrogen) atoms. The molecule has 0 aromatic heterocycles. The van der Waals surface area contributed by atoms with E-state index in [-0.39, 0.29) is 11.5 Å². The number of nitrogens with one attached hydrogen (secondary N) is 1. The van der Waals surface area contributed by atoms with Gasteiger partial charge >= 0.3 is 0 Å². The SMILES string of the molecule is CCN(CC)C(=O)c1ccccc1CSC(Nc1ccccc1)=C(C#N)C#N. The number of benzene rings is 2. The van der Waals surface area contributed by atoms with Gasteiger partial charge in [0.2, 0.25) is 0 Å². The molecule has 0 aliphatic rings. The molecule has 0 unspecified atom stereocenters. The first-order valence-electron chi connectivity index (χ1n) is 9.01. The number of thioether (sulfide) groups is 1. The van der Waals surface area contributed by atoms with E-state index in [4.69, 9.17) is 0 Å². The number of allylic oxidation sites excluding steroid dienone is 1. The fraction of sp³-hybridized carbons (Fsp3) is 0.227. The number of nitrogens with zero attached hydrogens (tertiary/aromatic N) is 3. The summed E-state index contributed by atoms with van der Waals surface area (Å²) in [5.41, 5.74) is 2.32. The predicted octanol–water partition coefficient (Wildman–Crippen LogP) is 4.77. The number of hydrogen-bond acceptors (Lipinski definition) is 5. The number of carbonyl (C=O) groups excluding carboxylic acids is 1. The van der Waals surface area contributed by atoms with Crippen LogP contribution in [0.15, 0.2) is 65.2 Å². The first kappa shape index (κ1) is 21.1. The Balaban J connectivity index is 2.27. The van der Waals surface area contributed by atoms with Crippen molar-refractivity contribution in [3.05, 3.63) is 76.3 Å². The molecule has 0 saturated carbocycles. The molecule has 2 aromatic rings. The Morgan fingerprint density at radius 3 is 2.21 bits per heavy atom. The molecule has 0 fully saturated rings. The van der Waals surface area contributed by atoms with Gasteiger partial charge in [0.1, 0.15) is 17.2 Å². The molecule has 0 spiro atoms. The third-order valence-electron chi connectivity index (χ3n) is 4.15. The van der Waals surface area contributed by atoms with E-state index in [0.29, 0.717) is 29.4 Å². The van der Waals surface area contributed by atoms with Crippen LogP contribution in [0.25, 0.3) is 0 Å². The third kappa shape index (κ3) is 5.39. The van der Waals surface area contributed by atoms with Gasteiger partial charge in [-0.15, -0.1) is 11.8 Å². The van der Waals surface area contributed by atoms with Crippen molar-refractivity contribution in [3.63, 3.8) is 0 Å². The van der Waals surface area contributed by atoms with Gasteiger partial charge in [-0.1, -0.05) is 36.4 Å². The van der Waals surface area contributed by atoms with E-state index in [2.05, 4.69) is 5.32 Å². The molecule has 0 aliphatic heterocycles. The quantitative estimate of drug-likeness (QED) is 0.657.